The predicted molar refractivity (Wildman–Crippen MR) is 93.0 cm³/mol. The van der Waals surface area contributed by atoms with E-state index in [-0.39, 0.29) is 5.76 Å². The smallest absolute Gasteiger partial charge is 0.420 e. The summed E-state index contributed by atoms with van der Waals surface area (Å²) in [5.74, 6) is 0.394. The maximum absolute atomic E-state index is 12.1. The summed E-state index contributed by atoms with van der Waals surface area (Å²) < 4.78 is 14.1. The topological polar surface area (TPSA) is 44.4 Å². The monoisotopic (exact) mass is 459 g/mol. The molecule has 6 heteroatoms. The van der Waals surface area contributed by atoms with Crippen LogP contribution in [-0.4, -0.2) is 11.7 Å². The molecule has 21 heavy (non-hydrogen) atoms. The van der Waals surface area contributed by atoms with Crippen LogP contribution < -0.4 is 10.5 Å². The van der Waals surface area contributed by atoms with Crippen LogP contribution in [-0.2, 0) is 6.54 Å². The quantitative estimate of drug-likeness (QED) is 0.555. The van der Waals surface area contributed by atoms with Crippen molar-refractivity contribution in [2.75, 3.05) is 7.11 Å². The number of fused-ring (bicyclic) bond motifs is 1. The number of benzene rings is 2. The molecule has 1 aromatic heterocycles. The van der Waals surface area contributed by atoms with E-state index in [0.29, 0.717) is 12.1 Å². The zero-order valence-electron chi connectivity index (χ0n) is 11.1. The molecule has 0 amide bonds. The standard InChI is InChI=1S/C15H11BrINO3/c1-20-11-3-4-12(16)9(6-11)8-18-13-7-10(17)2-5-14(13)21-15(18)19/h2-7H,8H2,1H3. The van der Waals surface area contributed by atoms with Gasteiger partial charge in [0.1, 0.15) is 5.75 Å². The van der Waals surface area contributed by atoms with Gasteiger partial charge < -0.3 is 9.15 Å². The molecule has 0 unspecified atom stereocenters. The first-order chi connectivity index (χ1) is 10.1. The second-order valence-electron chi connectivity index (χ2n) is 4.52. The van der Waals surface area contributed by atoms with Crippen LogP contribution in [0.4, 0.5) is 0 Å². The largest absolute Gasteiger partial charge is 0.497 e. The highest BCUT2D eigenvalue weighted by molar-refractivity contribution is 14.1. The van der Waals surface area contributed by atoms with Crippen LogP contribution in [0.5, 0.6) is 5.75 Å². The highest BCUT2D eigenvalue weighted by Gasteiger charge is 2.12. The highest BCUT2D eigenvalue weighted by atomic mass is 127. The first kappa shape index (κ1) is 14.6. The van der Waals surface area contributed by atoms with Crippen LogP contribution in [0.1, 0.15) is 5.56 Å². The Morgan fingerprint density at radius 2 is 2.10 bits per heavy atom. The first-order valence-electron chi connectivity index (χ1n) is 6.20. The van der Waals surface area contributed by atoms with Gasteiger partial charge in [-0.05, 0) is 64.6 Å². The van der Waals surface area contributed by atoms with Gasteiger partial charge in [0.25, 0.3) is 0 Å². The molecule has 3 rings (SSSR count). The lowest BCUT2D eigenvalue weighted by atomic mass is 10.2. The van der Waals surface area contributed by atoms with Gasteiger partial charge in [-0.25, -0.2) is 4.79 Å². The molecule has 2 aromatic carbocycles. The number of ether oxygens (including phenoxy) is 1. The molecular weight excluding hydrogens is 449 g/mol. The molecule has 4 nitrogen and oxygen atoms in total. The predicted octanol–water partition coefficient (Wildman–Crippen LogP) is 4.02. The molecule has 0 saturated heterocycles. The van der Waals surface area contributed by atoms with E-state index in [4.69, 9.17) is 9.15 Å². The molecule has 0 spiro atoms. The normalized spacial score (nSPS) is 11.0. The average molecular weight is 460 g/mol. The fourth-order valence-corrected chi connectivity index (χ4v) is 3.00. The zero-order valence-corrected chi connectivity index (χ0v) is 14.8. The summed E-state index contributed by atoms with van der Waals surface area (Å²) >= 11 is 5.72. The van der Waals surface area contributed by atoms with E-state index in [0.717, 1.165) is 24.9 Å². The van der Waals surface area contributed by atoms with E-state index in [1.165, 1.54) is 0 Å². The first-order valence-corrected chi connectivity index (χ1v) is 8.07. The van der Waals surface area contributed by atoms with Gasteiger partial charge in [0.2, 0.25) is 0 Å². The minimum atomic E-state index is -0.360. The molecule has 3 aromatic rings. The lowest BCUT2D eigenvalue weighted by Crippen LogP contribution is -2.15. The van der Waals surface area contributed by atoms with E-state index < -0.39 is 0 Å². The van der Waals surface area contributed by atoms with Crippen LogP contribution >= 0.6 is 38.5 Å². The molecule has 0 aliphatic rings. The Hall–Kier alpha value is -1.28. The lowest BCUT2D eigenvalue weighted by Gasteiger charge is -2.08. The van der Waals surface area contributed by atoms with E-state index in [1.54, 1.807) is 11.7 Å². The molecular formula is C15H11BrINO3. The molecule has 0 bridgehead atoms. The van der Waals surface area contributed by atoms with Crippen molar-refractivity contribution in [3.8, 4) is 5.75 Å². The molecule has 1 heterocycles. The molecule has 108 valence electrons. The fourth-order valence-electron chi connectivity index (χ4n) is 2.15. The van der Waals surface area contributed by atoms with Crippen LogP contribution in [0.3, 0.4) is 0 Å². The number of oxazole rings is 1. The molecule has 0 saturated carbocycles. The third kappa shape index (κ3) is 2.87. The minimum absolute atomic E-state index is 0.360. The zero-order chi connectivity index (χ0) is 15.0. The number of methoxy groups -OCH3 is 1. The number of aromatic nitrogens is 1. The summed E-state index contributed by atoms with van der Waals surface area (Å²) in [4.78, 5) is 12.1. The second-order valence-corrected chi connectivity index (χ2v) is 6.62. The summed E-state index contributed by atoms with van der Waals surface area (Å²) in [6, 6.07) is 11.4. The van der Waals surface area contributed by atoms with Crippen molar-refractivity contribution < 1.29 is 9.15 Å². The Balaban J connectivity index is 2.12. The van der Waals surface area contributed by atoms with Gasteiger partial charge in [-0.15, -0.1) is 0 Å². The maximum atomic E-state index is 12.1. The number of rotatable bonds is 3. The summed E-state index contributed by atoms with van der Waals surface area (Å²) in [6.45, 7) is 0.420. The molecule has 0 fully saturated rings. The minimum Gasteiger partial charge on any atom is -0.497 e. The van der Waals surface area contributed by atoms with Crippen molar-refractivity contribution >= 4 is 49.6 Å². The van der Waals surface area contributed by atoms with Gasteiger partial charge in [0, 0.05) is 8.04 Å². The Bertz CT molecular complexity index is 869. The Kier molecular flexibility index (Phi) is 4.08. The van der Waals surface area contributed by atoms with Crippen molar-refractivity contribution in [3.05, 3.63) is 60.6 Å². The Labute approximate surface area is 143 Å². The molecule has 0 atom stereocenters. The molecule has 0 aliphatic heterocycles. The van der Waals surface area contributed by atoms with Gasteiger partial charge in [0.05, 0.1) is 19.2 Å². The van der Waals surface area contributed by atoms with Gasteiger partial charge in [-0.1, -0.05) is 15.9 Å². The van der Waals surface area contributed by atoms with Gasteiger partial charge in [0.15, 0.2) is 5.58 Å². The fraction of sp³-hybridized carbons (Fsp3) is 0.133. The number of hydrogen-bond acceptors (Lipinski definition) is 3. The van der Waals surface area contributed by atoms with Crippen LogP contribution in [0.2, 0.25) is 0 Å². The summed E-state index contributed by atoms with van der Waals surface area (Å²) in [7, 11) is 1.62. The number of halogens is 2. The number of nitrogens with zero attached hydrogens (tertiary/aromatic N) is 1. The van der Waals surface area contributed by atoms with E-state index in [2.05, 4.69) is 38.5 Å². The Morgan fingerprint density at radius 1 is 1.29 bits per heavy atom. The summed E-state index contributed by atoms with van der Waals surface area (Å²) in [5, 5.41) is 0. The van der Waals surface area contributed by atoms with E-state index >= 15 is 0 Å². The van der Waals surface area contributed by atoms with Gasteiger partial charge in [-0.3, -0.25) is 4.57 Å². The Morgan fingerprint density at radius 3 is 2.86 bits per heavy atom. The lowest BCUT2D eigenvalue weighted by molar-refractivity contribution is 0.414. The van der Waals surface area contributed by atoms with E-state index in [1.807, 2.05) is 36.4 Å². The van der Waals surface area contributed by atoms with Gasteiger partial charge in [-0.2, -0.15) is 0 Å². The van der Waals surface area contributed by atoms with Crippen molar-refractivity contribution in [1.29, 1.82) is 0 Å². The average Bonchev–Trinajstić information content (AvgIpc) is 2.77. The maximum Gasteiger partial charge on any atom is 0.420 e. The SMILES string of the molecule is COc1ccc(Br)c(Cn2c(=O)oc3ccc(I)cc32)c1. The second kappa shape index (κ2) is 5.84. The third-order valence-electron chi connectivity index (χ3n) is 3.21. The van der Waals surface area contributed by atoms with Crippen LogP contribution in [0.25, 0.3) is 11.1 Å². The van der Waals surface area contributed by atoms with Crippen LogP contribution in [0.15, 0.2) is 50.1 Å². The van der Waals surface area contributed by atoms with E-state index in [9.17, 15) is 4.79 Å². The van der Waals surface area contributed by atoms with Crippen LogP contribution in [0, 0.1) is 3.57 Å². The van der Waals surface area contributed by atoms with Crippen molar-refractivity contribution in [2.24, 2.45) is 0 Å². The molecule has 0 radical (unpaired) electrons. The highest BCUT2D eigenvalue weighted by Crippen LogP contribution is 2.24. The molecule has 0 N–H and O–H groups in total. The third-order valence-corrected chi connectivity index (χ3v) is 4.66. The van der Waals surface area contributed by atoms with Crippen molar-refractivity contribution in [3.63, 3.8) is 0 Å². The summed E-state index contributed by atoms with van der Waals surface area (Å²) in [6.07, 6.45) is 0. The van der Waals surface area contributed by atoms with Crippen molar-refractivity contribution in [2.45, 2.75) is 6.54 Å². The number of hydrogen-bond donors (Lipinski definition) is 0. The molecule has 0 aliphatic carbocycles. The van der Waals surface area contributed by atoms with Crippen molar-refractivity contribution in [1.82, 2.24) is 4.57 Å². The summed E-state index contributed by atoms with van der Waals surface area (Å²) in [5.41, 5.74) is 2.35. The van der Waals surface area contributed by atoms with Gasteiger partial charge >= 0.3 is 5.76 Å².